The molecule has 2 nitrogen and oxygen atoms in total. The van der Waals surface area contributed by atoms with Crippen molar-refractivity contribution in [1.82, 2.24) is 0 Å². The van der Waals surface area contributed by atoms with Crippen molar-refractivity contribution in [3.63, 3.8) is 0 Å². The van der Waals surface area contributed by atoms with Gasteiger partial charge in [0, 0.05) is 0 Å². The molecule has 0 spiro atoms. The molecule has 0 aromatic heterocycles. The van der Waals surface area contributed by atoms with Crippen LogP contribution in [0.5, 0.6) is 0 Å². The Morgan fingerprint density at radius 2 is 2.07 bits per heavy atom. The fraction of sp³-hybridized carbons (Fsp3) is 0.500. The van der Waals surface area contributed by atoms with Gasteiger partial charge in [0.15, 0.2) is 0 Å². The summed E-state index contributed by atoms with van der Waals surface area (Å²) in [6, 6.07) is 7.75. The van der Waals surface area contributed by atoms with Crippen molar-refractivity contribution in [3.8, 4) is 0 Å². The highest BCUT2D eigenvalue weighted by Crippen LogP contribution is 2.18. The Bertz CT molecular complexity index is 291. The number of nitrogens with two attached hydrogens (primary N) is 1. The molecule has 0 unspecified atom stereocenters. The second kappa shape index (κ2) is 6.83. The quantitative estimate of drug-likeness (QED) is 0.834. The van der Waals surface area contributed by atoms with Gasteiger partial charge in [-0.1, -0.05) is 43.2 Å². The van der Waals surface area contributed by atoms with Gasteiger partial charge in [0.05, 0.1) is 12.1 Å². The van der Waals surface area contributed by atoms with Crippen LogP contribution in [0.2, 0.25) is 0 Å². The van der Waals surface area contributed by atoms with Gasteiger partial charge in [-0.2, -0.15) is 0 Å². The molecule has 0 saturated carbocycles. The molecule has 0 aliphatic heterocycles. The van der Waals surface area contributed by atoms with Crippen LogP contribution in [0.1, 0.15) is 36.9 Å². The van der Waals surface area contributed by atoms with Crippen molar-refractivity contribution < 1.29 is 5.11 Å². The number of aliphatic hydroxyl groups excluding tert-OH is 1. The summed E-state index contributed by atoms with van der Waals surface area (Å²) in [6.45, 7) is 4.08. The zero-order valence-electron chi connectivity index (χ0n) is 9.31. The molecule has 0 radical (unpaired) electrons. The molecule has 0 amide bonds. The second-order valence-corrected chi connectivity index (χ2v) is 3.80. The fourth-order valence-corrected chi connectivity index (χ4v) is 1.57. The maximum Gasteiger partial charge on any atom is 0.0732 e. The highest BCUT2D eigenvalue weighted by atomic mass is 35.5. The SMILES string of the molecule is CCC[C@@H](O)[C@@H](N)c1cccc(C)c1.Cl. The normalized spacial score (nSPS) is 14.1. The smallest absolute Gasteiger partial charge is 0.0732 e. The number of aliphatic hydroxyl groups is 1. The minimum Gasteiger partial charge on any atom is -0.391 e. The first-order valence-corrected chi connectivity index (χ1v) is 5.15. The van der Waals surface area contributed by atoms with Crippen LogP contribution in [-0.4, -0.2) is 11.2 Å². The minimum absolute atomic E-state index is 0. The van der Waals surface area contributed by atoms with Crippen LogP contribution in [0.15, 0.2) is 24.3 Å². The molecular formula is C12H20ClNO. The summed E-state index contributed by atoms with van der Waals surface area (Å²) in [4.78, 5) is 0. The maximum atomic E-state index is 9.74. The van der Waals surface area contributed by atoms with Crippen molar-refractivity contribution in [3.05, 3.63) is 35.4 Å². The van der Waals surface area contributed by atoms with E-state index in [1.165, 1.54) is 5.56 Å². The first-order valence-electron chi connectivity index (χ1n) is 5.15. The largest absolute Gasteiger partial charge is 0.391 e. The molecule has 0 saturated heterocycles. The van der Waals surface area contributed by atoms with Crippen molar-refractivity contribution in [2.24, 2.45) is 5.73 Å². The molecule has 0 aliphatic rings. The summed E-state index contributed by atoms with van der Waals surface area (Å²) >= 11 is 0. The van der Waals surface area contributed by atoms with Crippen LogP contribution in [0.4, 0.5) is 0 Å². The molecule has 0 aliphatic carbocycles. The minimum atomic E-state index is -0.429. The van der Waals surface area contributed by atoms with Crippen molar-refractivity contribution in [2.75, 3.05) is 0 Å². The van der Waals surface area contributed by atoms with Gasteiger partial charge in [-0.3, -0.25) is 0 Å². The van der Waals surface area contributed by atoms with Gasteiger partial charge in [-0.25, -0.2) is 0 Å². The molecule has 0 bridgehead atoms. The molecule has 1 aromatic carbocycles. The van der Waals surface area contributed by atoms with E-state index in [9.17, 15) is 5.11 Å². The molecule has 1 aromatic rings. The zero-order chi connectivity index (χ0) is 10.6. The monoisotopic (exact) mass is 229 g/mol. The van der Waals surface area contributed by atoms with E-state index in [1.54, 1.807) is 0 Å². The van der Waals surface area contributed by atoms with E-state index in [1.807, 2.05) is 38.1 Å². The lowest BCUT2D eigenvalue weighted by atomic mass is 9.98. The number of aryl methyl sites for hydroxylation is 1. The summed E-state index contributed by atoms with van der Waals surface area (Å²) < 4.78 is 0. The van der Waals surface area contributed by atoms with Crippen LogP contribution in [0.3, 0.4) is 0 Å². The molecule has 3 heteroatoms. The second-order valence-electron chi connectivity index (χ2n) is 3.80. The molecule has 1 rings (SSSR count). The van der Waals surface area contributed by atoms with Crippen molar-refractivity contribution in [1.29, 1.82) is 0 Å². The fourth-order valence-electron chi connectivity index (χ4n) is 1.57. The van der Waals surface area contributed by atoms with Gasteiger partial charge in [0.25, 0.3) is 0 Å². The summed E-state index contributed by atoms with van der Waals surface area (Å²) in [5.74, 6) is 0. The zero-order valence-corrected chi connectivity index (χ0v) is 10.1. The van der Waals surface area contributed by atoms with Crippen molar-refractivity contribution in [2.45, 2.75) is 38.8 Å². The van der Waals surface area contributed by atoms with E-state index in [-0.39, 0.29) is 18.4 Å². The van der Waals surface area contributed by atoms with Gasteiger partial charge >= 0.3 is 0 Å². The van der Waals surface area contributed by atoms with E-state index in [4.69, 9.17) is 5.73 Å². The Labute approximate surface area is 97.9 Å². The van der Waals surface area contributed by atoms with E-state index >= 15 is 0 Å². The number of halogens is 1. The van der Waals surface area contributed by atoms with Gasteiger partial charge in [-0.05, 0) is 18.9 Å². The van der Waals surface area contributed by atoms with Crippen LogP contribution in [0, 0.1) is 6.92 Å². The summed E-state index contributed by atoms with van der Waals surface area (Å²) in [5.41, 5.74) is 8.14. The predicted molar refractivity (Wildman–Crippen MR) is 66.3 cm³/mol. The summed E-state index contributed by atoms with van der Waals surface area (Å²) in [7, 11) is 0. The van der Waals surface area contributed by atoms with Crippen LogP contribution in [-0.2, 0) is 0 Å². The Morgan fingerprint density at radius 3 is 2.60 bits per heavy atom. The van der Waals surface area contributed by atoms with E-state index in [2.05, 4.69) is 0 Å². The lowest BCUT2D eigenvalue weighted by molar-refractivity contribution is 0.134. The van der Waals surface area contributed by atoms with E-state index in [0.717, 1.165) is 18.4 Å². The Kier molecular flexibility index (Phi) is 6.57. The molecular weight excluding hydrogens is 210 g/mol. The third-order valence-electron chi connectivity index (χ3n) is 2.43. The molecule has 3 N–H and O–H groups in total. The van der Waals surface area contributed by atoms with Gasteiger partial charge in [-0.15, -0.1) is 12.4 Å². The number of hydrogen-bond donors (Lipinski definition) is 2. The molecule has 0 heterocycles. The standard InChI is InChI=1S/C12H19NO.ClH/c1-3-5-11(14)12(13)10-7-4-6-9(2)8-10;/h4,6-8,11-12,14H,3,5,13H2,1-2H3;1H/t11-,12+;/m1./s1. The Morgan fingerprint density at radius 1 is 1.40 bits per heavy atom. The maximum absolute atomic E-state index is 9.74. The lowest BCUT2D eigenvalue weighted by Gasteiger charge is -2.18. The molecule has 15 heavy (non-hydrogen) atoms. The Hall–Kier alpha value is -0.570. The first kappa shape index (κ1) is 14.4. The third kappa shape index (κ3) is 4.20. The van der Waals surface area contributed by atoms with Gasteiger partial charge < -0.3 is 10.8 Å². The average Bonchev–Trinajstić information content (AvgIpc) is 2.17. The average molecular weight is 230 g/mol. The third-order valence-corrected chi connectivity index (χ3v) is 2.43. The highest BCUT2D eigenvalue weighted by molar-refractivity contribution is 5.85. The van der Waals surface area contributed by atoms with Gasteiger partial charge in [0.2, 0.25) is 0 Å². The van der Waals surface area contributed by atoms with Crippen molar-refractivity contribution >= 4 is 12.4 Å². The number of hydrogen-bond acceptors (Lipinski definition) is 2. The predicted octanol–water partition coefficient (Wildman–Crippen LogP) is 2.58. The summed E-state index contributed by atoms with van der Waals surface area (Å²) in [5, 5.41) is 9.74. The lowest BCUT2D eigenvalue weighted by Crippen LogP contribution is -2.25. The molecule has 0 fully saturated rings. The number of rotatable bonds is 4. The Balaban J connectivity index is 0.00000196. The summed E-state index contributed by atoms with van der Waals surface area (Å²) in [6.07, 6.45) is 1.29. The van der Waals surface area contributed by atoms with Crippen LogP contribution < -0.4 is 5.73 Å². The first-order chi connectivity index (χ1) is 6.65. The molecule has 2 atom stereocenters. The van der Waals surface area contributed by atoms with Crippen LogP contribution in [0.25, 0.3) is 0 Å². The van der Waals surface area contributed by atoms with Crippen LogP contribution >= 0.6 is 12.4 Å². The van der Waals surface area contributed by atoms with E-state index < -0.39 is 6.10 Å². The van der Waals surface area contributed by atoms with Gasteiger partial charge in [0.1, 0.15) is 0 Å². The van der Waals surface area contributed by atoms with E-state index in [0.29, 0.717) is 0 Å². The number of benzene rings is 1. The topological polar surface area (TPSA) is 46.2 Å². The highest BCUT2D eigenvalue weighted by Gasteiger charge is 2.15. The molecule has 86 valence electrons.